The molecule has 128 valence electrons. The van der Waals surface area contributed by atoms with Crippen LogP contribution in [0.1, 0.15) is 27.7 Å². The molecule has 0 fully saturated rings. The summed E-state index contributed by atoms with van der Waals surface area (Å²) >= 11 is 0. The van der Waals surface area contributed by atoms with Crippen molar-refractivity contribution in [3.05, 3.63) is 0 Å². The van der Waals surface area contributed by atoms with E-state index in [-0.39, 0.29) is 49.6 Å². The lowest BCUT2D eigenvalue weighted by Crippen LogP contribution is -3.00. The van der Waals surface area contributed by atoms with Gasteiger partial charge < -0.3 is 89.2 Å². The first-order valence-electron chi connectivity index (χ1n) is 3.63. The number of halogens is 4. The van der Waals surface area contributed by atoms with E-state index in [1.54, 1.807) is 0 Å². The molecular formula is C8H12Cl4O8-8. The Balaban J connectivity index is -0.0000000150. The van der Waals surface area contributed by atoms with E-state index in [0.29, 0.717) is 0 Å². The van der Waals surface area contributed by atoms with Crippen LogP contribution in [-0.4, -0.2) is 23.9 Å². The van der Waals surface area contributed by atoms with Crippen molar-refractivity contribution >= 4 is 23.9 Å². The second-order valence-electron chi connectivity index (χ2n) is 1.97. The second-order valence-corrected chi connectivity index (χ2v) is 1.97. The van der Waals surface area contributed by atoms with Crippen molar-refractivity contribution in [3.63, 3.8) is 0 Å². The van der Waals surface area contributed by atoms with E-state index in [1.165, 1.54) is 0 Å². The predicted molar refractivity (Wildman–Crippen MR) is 42.7 cm³/mol. The molecule has 0 heterocycles. The zero-order valence-corrected chi connectivity index (χ0v) is 13.8. The molecule has 0 saturated heterocycles. The number of carboxylic acid groups (broad SMARTS) is 4. The summed E-state index contributed by atoms with van der Waals surface area (Å²) in [6, 6.07) is 0. The van der Waals surface area contributed by atoms with E-state index in [4.69, 9.17) is 39.6 Å². The van der Waals surface area contributed by atoms with Crippen molar-refractivity contribution in [1.82, 2.24) is 0 Å². The van der Waals surface area contributed by atoms with Crippen molar-refractivity contribution in [2.24, 2.45) is 0 Å². The van der Waals surface area contributed by atoms with Gasteiger partial charge >= 0.3 is 0 Å². The Kier molecular flexibility index (Phi) is 109. The largest absolute Gasteiger partial charge is 1.00 e. The lowest BCUT2D eigenvalue weighted by Gasteiger charge is -1.77. The molecule has 0 amide bonds. The van der Waals surface area contributed by atoms with E-state index >= 15 is 0 Å². The summed E-state index contributed by atoms with van der Waals surface area (Å²) in [5, 5.41) is 35.6. The smallest absolute Gasteiger partial charge is 0.0383 e. The highest BCUT2D eigenvalue weighted by molar-refractivity contribution is 5.61. The fourth-order valence-corrected chi connectivity index (χ4v) is 0. The molecule has 0 aromatic heterocycles. The highest BCUT2D eigenvalue weighted by Crippen LogP contribution is 1.32. The Bertz CT molecular complexity index is 171. The lowest BCUT2D eigenvalue weighted by molar-refractivity contribution is -0.303. The van der Waals surface area contributed by atoms with Crippen LogP contribution >= 0.6 is 0 Å². The summed E-state index contributed by atoms with van der Waals surface area (Å²) in [5.41, 5.74) is 0. The SMILES string of the molecule is CC(=O)[O-].CC(=O)[O-].CC(=O)[O-].CC(=O)[O-].[Cl-].[Cl-].[Cl-].[Cl-]. The summed E-state index contributed by atoms with van der Waals surface area (Å²) in [7, 11) is 0. The molecule has 0 atom stereocenters. The van der Waals surface area contributed by atoms with E-state index in [2.05, 4.69) is 0 Å². The Hall–Kier alpha value is -0.960. The van der Waals surface area contributed by atoms with Crippen LogP contribution in [0.15, 0.2) is 0 Å². The molecule has 0 aliphatic heterocycles. The quantitative estimate of drug-likeness (QED) is 0.402. The van der Waals surface area contributed by atoms with Gasteiger partial charge in [0.1, 0.15) is 0 Å². The van der Waals surface area contributed by atoms with Gasteiger partial charge in [-0.25, -0.2) is 0 Å². The van der Waals surface area contributed by atoms with Crippen molar-refractivity contribution in [3.8, 4) is 0 Å². The summed E-state index contributed by atoms with van der Waals surface area (Å²) in [6.45, 7) is 3.89. The second kappa shape index (κ2) is 43.0. The van der Waals surface area contributed by atoms with Gasteiger partial charge in [0.25, 0.3) is 0 Å². The van der Waals surface area contributed by atoms with Crippen LogP contribution in [-0.2, 0) is 19.2 Å². The Morgan fingerprint density at radius 1 is 0.450 bits per heavy atom. The normalized spacial score (nSPS) is 5.00. The average Bonchev–Trinajstić information content (AvgIpc) is 1.76. The van der Waals surface area contributed by atoms with Crippen molar-refractivity contribution in [2.45, 2.75) is 27.7 Å². The van der Waals surface area contributed by atoms with Crippen LogP contribution in [0.5, 0.6) is 0 Å². The van der Waals surface area contributed by atoms with Gasteiger partial charge in [-0.15, -0.1) is 0 Å². The molecule has 0 aliphatic rings. The number of aliphatic carboxylic acids is 4. The molecule has 20 heavy (non-hydrogen) atoms. The average molecular weight is 378 g/mol. The monoisotopic (exact) mass is 376 g/mol. The molecule has 0 radical (unpaired) electrons. The first kappa shape index (κ1) is 50.8. The summed E-state index contributed by atoms with van der Waals surface area (Å²) in [6.07, 6.45) is 0. The topological polar surface area (TPSA) is 161 Å². The van der Waals surface area contributed by atoms with Gasteiger partial charge in [-0.1, -0.05) is 0 Å². The van der Waals surface area contributed by atoms with Gasteiger partial charge in [0, 0.05) is 23.9 Å². The van der Waals surface area contributed by atoms with Crippen molar-refractivity contribution in [1.29, 1.82) is 0 Å². The van der Waals surface area contributed by atoms with Crippen molar-refractivity contribution in [2.75, 3.05) is 0 Å². The summed E-state index contributed by atoms with van der Waals surface area (Å²) in [5.74, 6) is -4.33. The zero-order chi connectivity index (χ0) is 14.3. The minimum absolute atomic E-state index is 0. The molecule has 0 rings (SSSR count). The maximum Gasteiger partial charge on any atom is 0.0383 e. The van der Waals surface area contributed by atoms with Gasteiger partial charge in [-0.05, 0) is 27.7 Å². The van der Waals surface area contributed by atoms with Crippen LogP contribution in [0.2, 0.25) is 0 Å². The van der Waals surface area contributed by atoms with Gasteiger partial charge in [-0.2, -0.15) is 0 Å². The molecule has 0 unspecified atom stereocenters. The molecular weight excluding hydrogens is 366 g/mol. The molecule has 12 heteroatoms. The highest BCUT2D eigenvalue weighted by atomic mass is 35.5. The number of carbonyl (C=O) groups is 4. The number of carbonyl (C=O) groups excluding carboxylic acids is 4. The minimum atomic E-state index is -1.08. The van der Waals surface area contributed by atoms with Gasteiger partial charge in [0.15, 0.2) is 0 Å². The molecule has 0 N–H and O–H groups in total. The van der Waals surface area contributed by atoms with E-state index in [1.807, 2.05) is 0 Å². The van der Waals surface area contributed by atoms with E-state index < -0.39 is 23.9 Å². The molecule has 0 aromatic carbocycles. The van der Waals surface area contributed by atoms with Crippen LogP contribution in [0.3, 0.4) is 0 Å². The van der Waals surface area contributed by atoms with Gasteiger partial charge in [0.2, 0.25) is 0 Å². The Labute approximate surface area is 141 Å². The van der Waals surface area contributed by atoms with Crippen molar-refractivity contribution < 1.29 is 89.2 Å². The Morgan fingerprint density at radius 2 is 0.450 bits per heavy atom. The molecule has 0 spiro atoms. The lowest BCUT2D eigenvalue weighted by atomic mass is 10.9. The molecule has 0 bridgehead atoms. The summed E-state index contributed by atoms with van der Waals surface area (Å²) < 4.78 is 0. The third-order valence-electron chi connectivity index (χ3n) is 0. The predicted octanol–water partition coefficient (Wildman–Crippen LogP) is -17.0. The molecule has 8 nitrogen and oxygen atoms in total. The summed E-state index contributed by atoms with van der Waals surface area (Å²) in [4.78, 5) is 35.6. The maximum atomic E-state index is 8.89. The number of hydrogen-bond donors (Lipinski definition) is 0. The van der Waals surface area contributed by atoms with Crippen LogP contribution < -0.4 is 70.1 Å². The van der Waals surface area contributed by atoms with E-state index in [9.17, 15) is 0 Å². The third-order valence-corrected chi connectivity index (χ3v) is 0. The molecule has 0 aromatic rings. The highest BCUT2D eigenvalue weighted by Gasteiger charge is 1.47. The van der Waals surface area contributed by atoms with Crippen LogP contribution in [0.25, 0.3) is 0 Å². The third kappa shape index (κ3) is 4760. The molecule has 0 aliphatic carbocycles. The first-order chi connectivity index (χ1) is 6.93. The number of rotatable bonds is 0. The molecule has 0 saturated carbocycles. The zero-order valence-electron chi connectivity index (χ0n) is 10.8. The minimum Gasteiger partial charge on any atom is -1.00 e. The van der Waals surface area contributed by atoms with Gasteiger partial charge in [-0.3, -0.25) is 0 Å². The Morgan fingerprint density at radius 3 is 0.450 bits per heavy atom. The number of hydrogen-bond acceptors (Lipinski definition) is 8. The van der Waals surface area contributed by atoms with Gasteiger partial charge in [0.05, 0.1) is 0 Å². The number of carboxylic acids is 4. The van der Waals surface area contributed by atoms with Crippen LogP contribution in [0.4, 0.5) is 0 Å². The van der Waals surface area contributed by atoms with Crippen LogP contribution in [0, 0.1) is 0 Å². The van der Waals surface area contributed by atoms with E-state index in [0.717, 1.165) is 27.7 Å². The fraction of sp³-hybridized carbons (Fsp3) is 0.500. The standard InChI is InChI=1S/4C2H4O2.4ClH/c4*1-2(3)4;;;;/h4*1H3,(H,3,4);4*1H/p-8. The first-order valence-corrected chi connectivity index (χ1v) is 3.63. The maximum absolute atomic E-state index is 8.89. The fourth-order valence-electron chi connectivity index (χ4n) is 0.